The van der Waals surface area contributed by atoms with Gasteiger partial charge in [-0.2, -0.15) is 0 Å². The fraction of sp³-hybridized carbons (Fsp3) is 0.235. The molecule has 1 aliphatic rings. The molecule has 0 saturated heterocycles. The minimum absolute atomic E-state index is 0.107. The van der Waals surface area contributed by atoms with Crippen LogP contribution in [0.5, 0.6) is 0 Å². The van der Waals surface area contributed by atoms with Gasteiger partial charge in [-0.3, -0.25) is 9.69 Å². The van der Waals surface area contributed by atoms with E-state index in [4.69, 9.17) is 0 Å². The Kier molecular flexibility index (Phi) is 3.18. The van der Waals surface area contributed by atoms with Crippen LogP contribution in [0.25, 0.3) is 0 Å². The summed E-state index contributed by atoms with van der Waals surface area (Å²) in [7, 11) is 1.95. The quantitative estimate of drug-likeness (QED) is 0.832. The molecule has 0 spiro atoms. The number of nitrogens with zero attached hydrogens (tertiary/aromatic N) is 2. The maximum Gasteiger partial charge on any atom is 0.251 e. The molecule has 0 atom stereocenters. The minimum Gasteiger partial charge on any atom is -0.364 e. The Bertz CT molecular complexity index is 634. The van der Waals surface area contributed by atoms with Crippen LogP contribution in [-0.2, 0) is 11.2 Å². The molecule has 102 valence electrons. The minimum atomic E-state index is 0.107. The van der Waals surface area contributed by atoms with Crippen molar-refractivity contribution in [2.45, 2.75) is 13.3 Å². The van der Waals surface area contributed by atoms with E-state index in [1.807, 2.05) is 47.2 Å². The highest BCUT2D eigenvalue weighted by atomic mass is 16.2. The van der Waals surface area contributed by atoms with Crippen LogP contribution in [0.15, 0.2) is 48.5 Å². The lowest BCUT2D eigenvalue weighted by Gasteiger charge is -2.35. The van der Waals surface area contributed by atoms with Crippen LogP contribution in [-0.4, -0.2) is 19.5 Å². The Morgan fingerprint density at radius 1 is 1.00 bits per heavy atom. The van der Waals surface area contributed by atoms with Crippen LogP contribution in [0.3, 0.4) is 0 Å². The molecule has 0 saturated carbocycles. The van der Waals surface area contributed by atoms with Crippen molar-refractivity contribution in [1.82, 2.24) is 0 Å². The van der Waals surface area contributed by atoms with Gasteiger partial charge in [0, 0.05) is 12.7 Å². The van der Waals surface area contributed by atoms with E-state index in [2.05, 4.69) is 25.1 Å². The van der Waals surface area contributed by atoms with Crippen molar-refractivity contribution in [3.05, 3.63) is 54.1 Å². The molecule has 0 radical (unpaired) electrons. The van der Waals surface area contributed by atoms with Crippen molar-refractivity contribution in [3.8, 4) is 0 Å². The average Bonchev–Trinajstić information content (AvgIpc) is 2.48. The van der Waals surface area contributed by atoms with Crippen molar-refractivity contribution < 1.29 is 4.79 Å². The van der Waals surface area contributed by atoms with Crippen LogP contribution in [0.1, 0.15) is 12.5 Å². The van der Waals surface area contributed by atoms with Crippen LogP contribution >= 0.6 is 0 Å². The Labute approximate surface area is 119 Å². The predicted molar refractivity (Wildman–Crippen MR) is 82.7 cm³/mol. The van der Waals surface area contributed by atoms with Gasteiger partial charge in [-0.1, -0.05) is 31.2 Å². The third-order valence-electron chi connectivity index (χ3n) is 3.76. The number of carbonyl (C=O) groups excluding carboxylic acids is 1. The smallest absolute Gasteiger partial charge is 0.251 e. The molecule has 1 aliphatic heterocycles. The second-order valence-corrected chi connectivity index (χ2v) is 5.09. The maximum atomic E-state index is 12.4. The molecule has 0 aromatic heterocycles. The molecule has 3 heteroatoms. The Balaban J connectivity index is 2.07. The zero-order valence-electron chi connectivity index (χ0n) is 11.8. The van der Waals surface area contributed by atoms with Gasteiger partial charge in [0.15, 0.2) is 0 Å². The van der Waals surface area contributed by atoms with Gasteiger partial charge in [0.2, 0.25) is 0 Å². The molecule has 20 heavy (non-hydrogen) atoms. The van der Waals surface area contributed by atoms with Gasteiger partial charge >= 0.3 is 0 Å². The van der Waals surface area contributed by atoms with Crippen molar-refractivity contribution in [1.29, 1.82) is 0 Å². The van der Waals surface area contributed by atoms with Crippen molar-refractivity contribution in [2.75, 3.05) is 23.4 Å². The van der Waals surface area contributed by atoms with E-state index in [0.29, 0.717) is 6.54 Å². The van der Waals surface area contributed by atoms with Gasteiger partial charge in [0.05, 0.1) is 17.9 Å². The molecule has 2 aromatic rings. The number of benzene rings is 2. The first kappa shape index (κ1) is 12.7. The highest BCUT2D eigenvalue weighted by Crippen LogP contribution is 2.37. The van der Waals surface area contributed by atoms with Crippen LogP contribution in [0.2, 0.25) is 0 Å². The van der Waals surface area contributed by atoms with Gasteiger partial charge in [0.25, 0.3) is 5.91 Å². The van der Waals surface area contributed by atoms with Gasteiger partial charge in [-0.25, -0.2) is 0 Å². The number of hydrogen-bond donors (Lipinski definition) is 0. The van der Waals surface area contributed by atoms with E-state index in [1.165, 1.54) is 5.56 Å². The van der Waals surface area contributed by atoms with E-state index in [-0.39, 0.29) is 5.91 Å². The number of fused-ring (bicyclic) bond motifs is 1. The second kappa shape index (κ2) is 5.00. The number of aryl methyl sites for hydroxylation is 1. The number of amides is 1. The van der Waals surface area contributed by atoms with Crippen LogP contribution in [0.4, 0.5) is 17.1 Å². The molecule has 1 heterocycles. The summed E-state index contributed by atoms with van der Waals surface area (Å²) in [6.07, 6.45) is 1.01. The predicted octanol–water partition coefficient (Wildman–Crippen LogP) is 3.36. The summed E-state index contributed by atoms with van der Waals surface area (Å²) in [4.78, 5) is 16.2. The Hall–Kier alpha value is -2.29. The van der Waals surface area contributed by atoms with Gasteiger partial charge in [-0.15, -0.1) is 0 Å². The van der Waals surface area contributed by atoms with E-state index in [9.17, 15) is 4.79 Å². The monoisotopic (exact) mass is 266 g/mol. The Morgan fingerprint density at radius 2 is 1.65 bits per heavy atom. The normalized spacial score (nSPS) is 14.4. The number of carbonyl (C=O) groups is 1. The standard InChI is InChI=1S/C17H18N2O/c1-3-13-8-10-14(11-9-13)19-16-7-5-4-6-15(16)18(2)12-17(19)20/h4-11H,3,12H2,1-2H3. The first-order chi connectivity index (χ1) is 9.70. The Morgan fingerprint density at radius 3 is 2.30 bits per heavy atom. The molecule has 3 nitrogen and oxygen atoms in total. The average molecular weight is 266 g/mol. The van der Waals surface area contributed by atoms with E-state index >= 15 is 0 Å². The summed E-state index contributed by atoms with van der Waals surface area (Å²) in [5, 5.41) is 0. The molecular weight excluding hydrogens is 248 g/mol. The lowest BCUT2D eigenvalue weighted by atomic mass is 10.1. The second-order valence-electron chi connectivity index (χ2n) is 5.09. The van der Waals surface area contributed by atoms with Crippen molar-refractivity contribution in [2.24, 2.45) is 0 Å². The fourth-order valence-electron chi connectivity index (χ4n) is 2.63. The summed E-state index contributed by atoms with van der Waals surface area (Å²) in [5.41, 5.74) is 4.26. The van der Waals surface area contributed by atoms with Crippen LogP contribution < -0.4 is 9.80 Å². The highest BCUT2D eigenvalue weighted by molar-refractivity contribution is 6.08. The number of para-hydroxylation sites is 2. The lowest BCUT2D eigenvalue weighted by Crippen LogP contribution is -2.41. The van der Waals surface area contributed by atoms with E-state index in [1.54, 1.807) is 0 Å². The summed E-state index contributed by atoms with van der Waals surface area (Å²) >= 11 is 0. The summed E-state index contributed by atoms with van der Waals surface area (Å²) in [5.74, 6) is 0.107. The van der Waals surface area contributed by atoms with E-state index < -0.39 is 0 Å². The third-order valence-corrected chi connectivity index (χ3v) is 3.76. The topological polar surface area (TPSA) is 23.6 Å². The number of likely N-dealkylation sites (N-methyl/N-ethyl adjacent to an activating group) is 1. The fourth-order valence-corrected chi connectivity index (χ4v) is 2.63. The van der Waals surface area contributed by atoms with Gasteiger partial charge in [0.1, 0.15) is 0 Å². The zero-order chi connectivity index (χ0) is 14.1. The molecule has 0 aliphatic carbocycles. The molecular formula is C17H18N2O. The van der Waals surface area contributed by atoms with E-state index in [0.717, 1.165) is 23.5 Å². The number of hydrogen-bond acceptors (Lipinski definition) is 2. The molecule has 0 fully saturated rings. The lowest BCUT2D eigenvalue weighted by molar-refractivity contribution is -0.116. The van der Waals surface area contributed by atoms with Crippen molar-refractivity contribution in [3.63, 3.8) is 0 Å². The van der Waals surface area contributed by atoms with Gasteiger partial charge < -0.3 is 4.90 Å². The molecule has 0 unspecified atom stereocenters. The summed E-state index contributed by atoms with van der Waals surface area (Å²) in [6.45, 7) is 2.54. The van der Waals surface area contributed by atoms with Gasteiger partial charge in [-0.05, 0) is 36.2 Å². The van der Waals surface area contributed by atoms with Crippen molar-refractivity contribution >= 4 is 23.0 Å². The molecule has 0 N–H and O–H groups in total. The highest BCUT2D eigenvalue weighted by Gasteiger charge is 2.27. The largest absolute Gasteiger partial charge is 0.364 e. The number of anilines is 3. The SMILES string of the molecule is CCc1ccc(N2C(=O)CN(C)c3ccccc32)cc1. The third kappa shape index (κ3) is 2.05. The molecule has 3 rings (SSSR count). The maximum absolute atomic E-state index is 12.4. The molecule has 0 bridgehead atoms. The first-order valence-corrected chi connectivity index (χ1v) is 6.92. The molecule has 2 aromatic carbocycles. The zero-order valence-corrected chi connectivity index (χ0v) is 11.8. The summed E-state index contributed by atoms with van der Waals surface area (Å²) in [6, 6.07) is 16.2. The van der Waals surface area contributed by atoms with Crippen LogP contribution in [0, 0.1) is 0 Å². The molecule has 1 amide bonds. The summed E-state index contributed by atoms with van der Waals surface area (Å²) < 4.78 is 0. The number of rotatable bonds is 2. The first-order valence-electron chi connectivity index (χ1n) is 6.92.